The van der Waals surface area contributed by atoms with E-state index in [4.69, 9.17) is 4.74 Å². The van der Waals surface area contributed by atoms with E-state index in [1.807, 2.05) is 19.9 Å². The first-order chi connectivity index (χ1) is 6.22. The van der Waals surface area contributed by atoms with Gasteiger partial charge in [0.1, 0.15) is 0 Å². The van der Waals surface area contributed by atoms with E-state index in [2.05, 4.69) is 6.92 Å². The third kappa shape index (κ3) is 6.38. The highest BCUT2D eigenvalue weighted by molar-refractivity contribution is 5.72. The highest BCUT2D eigenvalue weighted by atomic mass is 16.5. The molecule has 0 aromatic heterocycles. The van der Waals surface area contributed by atoms with E-state index < -0.39 is 0 Å². The van der Waals surface area contributed by atoms with E-state index in [1.165, 1.54) is 12.7 Å². The van der Waals surface area contributed by atoms with Gasteiger partial charge in [0.2, 0.25) is 0 Å². The van der Waals surface area contributed by atoms with Crippen molar-refractivity contribution in [2.24, 2.45) is 5.92 Å². The van der Waals surface area contributed by atoms with Crippen LogP contribution in [0.5, 0.6) is 0 Å². The van der Waals surface area contributed by atoms with Gasteiger partial charge in [0, 0.05) is 0 Å². The number of esters is 1. The summed E-state index contributed by atoms with van der Waals surface area (Å²) < 4.78 is 4.92. The Labute approximate surface area is 81.0 Å². The molecule has 0 fully saturated rings. The minimum Gasteiger partial charge on any atom is -0.435 e. The molecule has 0 aliphatic rings. The maximum Gasteiger partial charge on any atom is 0.313 e. The van der Waals surface area contributed by atoms with Crippen molar-refractivity contribution in [2.75, 3.05) is 0 Å². The van der Waals surface area contributed by atoms with Gasteiger partial charge in [0.15, 0.2) is 0 Å². The standard InChI is InChI=1S/C11H20O2/c1-4-6-7-8-9-13-11(12)10(3)5-2/h8-10H,4-7H2,1-3H3/b9-8-. The molecule has 0 saturated carbocycles. The summed E-state index contributed by atoms with van der Waals surface area (Å²) in [4.78, 5) is 11.1. The summed E-state index contributed by atoms with van der Waals surface area (Å²) in [5.74, 6) is -0.119. The Kier molecular flexibility index (Phi) is 7.36. The van der Waals surface area contributed by atoms with Gasteiger partial charge in [0.25, 0.3) is 0 Å². The van der Waals surface area contributed by atoms with Crippen LogP contribution in [0.15, 0.2) is 12.3 Å². The van der Waals surface area contributed by atoms with Gasteiger partial charge in [0.05, 0.1) is 12.2 Å². The number of hydrogen-bond donors (Lipinski definition) is 0. The Bertz CT molecular complexity index is 161. The van der Waals surface area contributed by atoms with Crippen LogP contribution in [-0.4, -0.2) is 5.97 Å². The van der Waals surface area contributed by atoms with Crippen LogP contribution in [0.1, 0.15) is 46.5 Å². The molecule has 0 N–H and O–H groups in total. The monoisotopic (exact) mass is 184 g/mol. The van der Waals surface area contributed by atoms with Crippen molar-refractivity contribution in [3.8, 4) is 0 Å². The summed E-state index contributed by atoms with van der Waals surface area (Å²) in [6.07, 6.45) is 7.57. The molecule has 0 bridgehead atoms. The van der Waals surface area contributed by atoms with Crippen LogP contribution in [0.25, 0.3) is 0 Å². The second-order valence-corrected chi connectivity index (χ2v) is 3.26. The van der Waals surface area contributed by atoms with Gasteiger partial charge in [-0.2, -0.15) is 0 Å². The van der Waals surface area contributed by atoms with Gasteiger partial charge in [-0.1, -0.05) is 27.2 Å². The second kappa shape index (κ2) is 7.84. The highest BCUT2D eigenvalue weighted by Crippen LogP contribution is 2.03. The summed E-state index contributed by atoms with van der Waals surface area (Å²) in [6.45, 7) is 5.99. The predicted octanol–water partition coefficient (Wildman–Crippen LogP) is 3.28. The normalized spacial score (nSPS) is 13.2. The zero-order chi connectivity index (χ0) is 10.1. The van der Waals surface area contributed by atoms with Gasteiger partial charge in [-0.3, -0.25) is 4.79 Å². The molecule has 0 spiro atoms. The summed E-state index contributed by atoms with van der Waals surface area (Å²) in [5.41, 5.74) is 0. The first-order valence-corrected chi connectivity index (χ1v) is 5.07. The molecule has 2 heteroatoms. The molecule has 0 aromatic rings. The van der Waals surface area contributed by atoms with Crippen molar-refractivity contribution in [2.45, 2.75) is 46.5 Å². The maximum absolute atomic E-state index is 11.1. The number of rotatable bonds is 6. The number of ether oxygens (including phenoxy) is 1. The van der Waals surface area contributed by atoms with Crippen LogP contribution < -0.4 is 0 Å². The SMILES string of the molecule is CCCC/C=C\OC(=O)C(C)CC. The molecule has 0 aliphatic carbocycles. The number of carbonyl (C=O) groups excluding carboxylic acids is 1. The van der Waals surface area contributed by atoms with Crippen LogP contribution in [-0.2, 0) is 9.53 Å². The van der Waals surface area contributed by atoms with Crippen molar-refractivity contribution in [1.82, 2.24) is 0 Å². The Balaban J connectivity index is 3.51. The van der Waals surface area contributed by atoms with Gasteiger partial charge in [-0.15, -0.1) is 0 Å². The van der Waals surface area contributed by atoms with E-state index in [9.17, 15) is 4.79 Å². The average Bonchev–Trinajstić information content (AvgIpc) is 2.16. The molecule has 2 nitrogen and oxygen atoms in total. The van der Waals surface area contributed by atoms with Crippen LogP contribution in [0.2, 0.25) is 0 Å². The minimum atomic E-state index is -0.129. The zero-order valence-corrected chi connectivity index (χ0v) is 8.88. The lowest BCUT2D eigenvalue weighted by molar-refractivity contribution is -0.142. The van der Waals surface area contributed by atoms with Crippen molar-refractivity contribution in [3.05, 3.63) is 12.3 Å². The Morgan fingerprint density at radius 2 is 2.15 bits per heavy atom. The van der Waals surface area contributed by atoms with Gasteiger partial charge in [-0.05, 0) is 25.3 Å². The quantitative estimate of drug-likeness (QED) is 0.360. The van der Waals surface area contributed by atoms with E-state index >= 15 is 0 Å². The van der Waals surface area contributed by atoms with E-state index in [-0.39, 0.29) is 11.9 Å². The van der Waals surface area contributed by atoms with Crippen molar-refractivity contribution >= 4 is 5.97 Å². The molecule has 0 saturated heterocycles. The van der Waals surface area contributed by atoms with Crippen LogP contribution in [0, 0.1) is 5.92 Å². The van der Waals surface area contributed by atoms with Gasteiger partial charge >= 0.3 is 5.97 Å². The molecule has 0 aromatic carbocycles. The van der Waals surface area contributed by atoms with Crippen LogP contribution in [0.4, 0.5) is 0 Å². The molecule has 1 atom stereocenters. The predicted molar refractivity (Wildman–Crippen MR) is 54.2 cm³/mol. The first kappa shape index (κ1) is 12.2. The van der Waals surface area contributed by atoms with E-state index in [1.54, 1.807) is 0 Å². The fourth-order valence-corrected chi connectivity index (χ4v) is 0.788. The second-order valence-electron chi connectivity index (χ2n) is 3.26. The lowest BCUT2D eigenvalue weighted by atomic mass is 10.1. The third-order valence-electron chi connectivity index (χ3n) is 2.02. The zero-order valence-electron chi connectivity index (χ0n) is 8.88. The van der Waals surface area contributed by atoms with Gasteiger partial charge < -0.3 is 4.74 Å². The number of hydrogen-bond acceptors (Lipinski definition) is 2. The first-order valence-electron chi connectivity index (χ1n) is 5.07. The van der Waals surface area contributed by atoms with E-state index in [0.29, 0.717) is 0 Å². The molecular weight excluding hydrogens is 164 g/mol. The molecule has 0 amide bonds. The summed E-state index contributed by atoms with van der Waals surface area (Å²) >= 11 is 0. The van der Waals surface area contributed by atoms with Crippen LogP contribution >= 0.6 is 0 Å². The average molecular weight is 184 g/mol. The van der Waals surface area contributed by atoms with Crippen LogP contribution in [0.3, 0.4) is 0 Å². The van der Waals surface area contributed by atoms with E-state index in [0.717, 1.165) is 19.3 Å². The van der Waals surface area contributed by atoms with Crippen molar-refractivity contribution in [3.63, 3.8) is 0 Å². The Hall–Kier alpha value is -0.790. The summed E-state index contributed by atoms with van der Waals surface area (Å²) in [7, 11) is 0. The molecular formula is C11H20O2. The summed E-state index contributed by atoms with van der Waals surface area (Å²) in [5, 5.41) is 0. The topological polar surface area (TPSA) is 26.3 Å². The lowest BCUT2D eigenvalue weighted by Crippen LogP contribution is -2.10. The van der Waals surface area contributed by atoms with Gasteiger partial charge in [-0.25, -0.2) is 0 Å². The molecule has 0 heterocycles. The summed E-state index contributed by atoms with van der Waals surface area (Å²) in [6, 6.07) is 0. The molecule has 0 radical (unpaired) electrons. The fourth-order valence-electron chi connectivity index (χ4n) is 0.788. The number of carbonyl (C=O) groups is 1. The molecule has 76 valence electrons. The number of allylic oxidation sites excluding steroid dienone is 1. The number of unbranched alkanes of at least 4 members (excludes halogenated alkanes) is 2. The molecule has 13 heavy (non-hydrogen) atoms. The molecule has 0 rings (SSSR count). The van der Waals surface area contributed by atoms with Crippen molar-refractivity contribution < 1.29 is 9.53 Å². The Morgan fingerprint density at radius 1 is 1.46 bits per heavy atom. The maximum atomic E-state index is 11.1. The van der Waals surface area contributed by atoms with Crippen molar-refractivity contribution in [1.29, 1.82) is 0 Å². The third-order valence-corrected chi connectivity index (χ3v) is 2.02. The molecule has 1 unspecified atom stereocenters. The largest absolute Gasteiger partial charge is 0.435 e. The lowest BCUT2D eigenvalue weighted by Gasteiger charge is -2.04. The Morgan fingerprint density at radius 3 is 2.69 bits per heavy atom. The fraction of sp³-hybridized carbons (Fsp3) is 0.727. The minimum absolute atomic E-state index is 0.0100. The molecule has 0 aliphatic heterocycles. The smallest absolute Gasteiger partial charge is 0.313 e. The highest BCUT2D eigenvalue weighted by Gasteiger charge is 2.09.